The van der Waals surface area contributed by atoms with Crippen LogP contribution in [0.2, 0.25) is 0 Å². The SMILES string of the molecule is COc1ccc(OC)c(C=NNC(=O)c2cc(-c3ccccc3)nc3ccccc23)c1. The number of aromatic nitrogens is 1. The molecule has 6 heteroatoms. The third-order valence-corrected chi connectivity index (χ3v) is 4.84. The Bertz CT molecular complexity index is 1250. The molecule has 154 valence electrons. The monoisotopic (exact) mass is 411 g/mol. The summed E-state index contributed by atoms with van der Waals surface area (Å²) < 4.78 is 10.6. The van der Waals surface area contributed by atoms with Crippen molar-refractivity contribution >= 4 is 23.0 Å². The number of fused-ring (bicyclic) bond motifs is 1. The first-order chi connectivity index (χ1) is 15.2. The molecule has 0 unspecified atom stereocenters. The van der Waals surface area contributed by atoms with Crippen molar-refractivity contribution in [3.8, 4) is 22.8 Å². The lowest BCUT2D eigenvalue weighted by atomic mass is 10.0. The first-order valence-corrected chi connectivity index (χ1v) is 9.70. The van der Waals surface area contributed by atoms with E-state index in [1.54, 1.807) is 38.5 Å². The number of carbonyl (C=O) groups excluding carboxylic acids is 1. The highest BCUT2D eigenvalue weighted by molar-refractivity contribution is 6.07. The van der Waals surface area contributed by atoms with Crippen molar-refractivity contribution in [1.82, 2.24) is 10.4 Å². The lowest BCUT2D eigenvalue weighted by molar-refractivity contribution is 0.0956. The molecule has 0 aliphatic carbocycles. The van der Waals surface area contributed by atoms with E-state index in [0.717, 1.165) is 22.2 Å². The molecule has 0 spiro atoms. The number of hydrazone groups is 1. The van der Waals surface area contributed by atoms with Gasteiger partial charge in [0.05, 0.1) is 37.2 Å². The van der Waals surface area contributed by atoms with Crippen molar-refractivity contribution in [3.05, 3.63) is 90.0 Å². The number of benzene rings is 3. The van der Waals surface area contributed by atoms with Gasteiger partial charge in [0.1, 0.15) is 11.5 Å². The van der Waals surface area contributed by atoms with Crippen LogP contribution in [-0.4, -0.2) is 31.3 Å². The highest BCUT2D eigenvalue weighted by Gasteiger charge is 2.13. The van der Waals surface area contributed by atoms with Crippen molar-refractivity contribution < 1.29 is 14.3 Å². The highest BCUT2D eigenvalue weighted by atomic mass is 16.5. The molecular formula is C25H21N3O3. The quantitative estimate of drug-likeness (QED) is 0.369. The van der Waals surface area contributed by atoms with Crippen molar-refractivity contribution in [2.45, 2.75) is 0 Å². The minimum absolute atomic E-state index is 0.325. The van der Waals surface area contributed by atoms with Gasteiger partial charge in [-0.25, -0.2) is 10.4 Å². The van der Waals surface area contributed by atoms with Crippen LogP contribution in [0.15, 0.2) is 84.0 Å². The summed E-state index contributed by atoms with van der Waals surface area (Å²) in [4.78, 5) is 17.7. The smallest absolute Gasteiger partial charge is 0.272 e. The van der Waals surface area contributed by atoms with E-state index in [-0.39, 0.29) is 5.91 Å². The average Bonchev–Trinajstić information content (AvgIpc) is 2.83. The van der Waals surface area contributed by atoms with E-state index < -0.39 is 0 Å². The molecule has 0 fully saturated rings. The van der Waals surface area contributed by atoms with Crippen LogP contribution in [0.5, 0.6) is 11.5 Å². The van der Waals surface area contributed by atoms with E-state index in [4.69, 9.17) is 14.5 Å². The van der Waals surface area contributed by atoms with Gasteiger partial charge in [0.2, 0.25) is 0 Å². The summed E-state index contributed by atoms with van der Waals surface area (Å²) in [7, 11) is 3.16. The summed E-state index contributed by atoms with van der Waals surface area (Å²) in [5, 5.41) is 4.89. The lowest BCUT2D eigenvalue weighted by Crippen LogP contribution is -2.18. The lowest BCUT2D eigenvalue weighted by Gasteiger charge is -2.09. The molecule has 6 nitrogen and oxygen atoms in total. The summed E-state index contributed by atoms with van der Waals surface area (Å²) >= 11 is 0. The molecule has 1 N–H and O–H groups in total. The first kappa shape index (κ1) is 20.1. The predicted molar refractivity (Wildman–Crippen MR) is 122 cm³/mol. The Hall–Kier alpha value is -4.19. The molecule has 0 bridgehead atoms. The van der Waals surface area contributed by atoms with Crippen LogP contribution in [0.4, 0.5) is 0 Å². The topological polar surface area (TPSA) is 72.8 Å². The predicted octanol–water partition coefficient (Wildman–Crippen LogP) is 4.68. The van der Waals surface area contributed by atoms with Crippen molar-refractivity contribution in [2.75, 3.05) is 14.2 Å². The fraction of sp³-hybridized carbons (Fsp3) is 0.0800. The number of carbonyl (C=O) groups is 1. The molecular weight excluding hydrogens is 390 g/mol. The Labute approximate surface area is 180 Å². The van der Waals surface area contributed by atoms with Crippen LogP contribution < -0.4 is 14.9 Å². The van der Waals surface area contributed by atoms with Gasteiger partial charge in [-0.05, 0) is 30.3 Å². The van der Waals surface area contributed by atoms with Gasteiger partial charge < -0.3 is 9.47 Å². The van der Waals surface area contributed by atoms with Crippen LogP contribution in [0, 0.1) is 0 Å². The molecule has 0 aliphatic rings. The zero-order chi connectivity index (χ0) is 21.6. The Morgan fingerprint density at radius 1 is 0.935 bits per heavy atom. The normalized spacial score (nSPS) is 10.9. The summed E-state index contributed by atoms with van der Waals surface area (Å²) in [5.74, 6) is 0.967. The van der Waals surface area contributed by atoms with Gasteiger partial charge in [-0.1, -0.05) is 48.5 Å². The number of rotatable bonds is 6. The number of para-hydroxylation sites is 1. The number of nitrogens with zero attached hydrogens (tertiary/aromatic N) is 2. The van der Waals surface area contributed by atoms with E-state index in [2.05, 4.69) is 10.5 Å². The third kappa shape index (κ3) is 4.38. The highest BCUT2D eigenvalue weighted by Crippen LogP contribution is 2.25. The van der Waals surface area contributed by atoms with Crippen LogP contribution in [0.25, 0.3) is 22.2 Å². The van der Waals surface area contributed by atoms with E-state index >= 15 is 0 Å². The summed E-state index contributed by atoms with van der Waals surface area (Å²) in [5.41, 5.74) is 6.20. The van der Waals surface area contributed by atoms with Crippen LogP contribution >= 0.6 is 0 Å². The van der Waals surface area contributed by atoms with Crippen molar-refractivity contribution in [2.24, 2.45) is 5.10 Å². The second-order valence-electron chi connectivity index (χ2n) is 6.75. The molecule has 3 aromatic carbocycles. The summed E-state index contributed by atoms with van der Waals surface area (Å²) in [6.07, 6.45) is 1.53. The Morgan fingerprint density at radius 2 is 1.71 bits per heavy atom. The Morgan fingerprint density at radius 3 is 2.48 bits per heavy atom. The molecule has 0 saturated heterocycles. The number of amides is 1. The standard InChI is InChI=1S/C25H21N3O3/c1-30-19-12-13-24(31-2)18(14-19)16-26-28-25(29)21-15-23(17-8-4-3-5-9-17)27-22-11-7-6-10-20(21)22/h3-16H,1-2H3,(H,28,29). The minimum Gasteiger partial charge on any atom is -0.497 e. The average molecular weight is 411 g/mol. The van der Waals surface area contributed by atoms with Gasteiger partial charge in [0.25, 0.3) is 5.91 Å². The molecule has 1 amide bonds. The Balaban J connectivity index is 1.66. The van der Waals surface area contributed by atoms with Crippen LogP contribution in [0.1, 0.15) is 15.9 Å². The zero-order valence-electron chi connectivity index (χ0n) is 17.2. The molecule has 0 atom stereocenters. The van der Waals surface area contributed by atoms with E-state index in [1.165, 1.54) is 6.21 Å². The van der Waals surface area contributed by atoms with Crippen LogP contribution in [-0.2, 0) is 0 Å². The van der Waals surface area contributed by atoms with E-state index in [0.29, 0.717) is 22.6 Å². The Kier molecular flexibility index (Phi) is 5.89. The van der Waals surface area contributed by atoms with Crippen molar-refractivity contribution in [3.63, 3.8) is 0 Å². The number of methoxy groups -OCH3 is 2. The van der Waals surface area contributed by atoms with Gasteiger partial charge in [-0.15, -0.1) is 0 Å². The molecule has 1 heterocycles. The maximum Gasteiger partial charge on any atom is 0.272 e. The number of nitrogens with one attached hydrogen (secondary N) is 1. The molecule has 4 aromatic rings. The van der Waals surface area contributed by atoms with Gasteiger partial charge in [0, 0.05) is 16.5 Å². The molecule has 0 saturated carbocycles. The van der Waals surface area contributed by atoms with Crippen molar-refractivity contribution in [1.29, 1.82) is 0 Å². The van der Waals surface area contributed by atoms with Gasteiger partial charge >= 0.3 is 0 Å². The fourth-order valence-corrected chi connectivity index (χ4v) is 3.28. The molecule has 4 rings (SSSR count). The summed E-state index contributed by atoms with van der Waals surface area (Å²) in [6, 6.07) is 24.5. The number of hydrogen-bond donors (Lipinski definition) is 1. The minimum atomic E-state index is -0.325. The van der Waals surface area contributed by atoms with Gasteiger partial charge in [0.15, 0.2) is 0 Å². The van der Waals surface area contributed by atoms with Gasteiger partial charge in [-0.3, -0.25) is 4.79 Å². The molecule has 0 aliphatic heterocycles. The maximum atomic E-state index is 13.0. The zero-order valence-corrected chi connectivity index (χ0v) is 17.2. The van der Waals surface area contributed by atoms with Crippen LogP contribution in [0.3, 0.4) is 0 Å². The van der Waals surface area contributed by atoms with E-state index in [1.807, 2.05) is 54.6 Å². The maximum absolute atomic E-state index is 13.0. The van der Waals surface area contributed by atoms with Gasteiger partial charge in [-0.2, -0.15) is 5.10 Å². The third-order valence-electron chi connectivity index (χ3n) is 4.84. The van der Waals surface area contributed by atoms with E-state index in [9.17, 15) is 4.79 Å². The summed E-state index contributed by atoms with van der Waals surface area (Å²) in [6.45, 7) is 0. The fourth-order valence-electron chi connectivity index (χ4n) is 3.28. The second kappa shape index (κ2) is 9.09. The molecule has 31 heavy (non-hydrogen) atoms. The number of ether oxygens (including phenoxy) is 2. The second-order valence-corrected chi connectivity index (χ2v) is 6.75. The number of pyridine rings is 1. The first-order valence-electron chi connectivity index (χ1n) is 9.70. The largest absolute Gasteiger partial charge is 0.497 e. The molecule has 1 aromatic heterocycles. The number of hydrogen-bond acceptors (Lipinski definition) is 5. The molecule has 0 radical (unpaired) electrons.